The molecule has 0 aliphatic rings. The molecule has 0 aromatic carbocycles. The van der Waals surface area contributed by atoms with Gasteiger partial charge in [-0.05, 0) is 12.8 Å². The number of nitrogens with zero attached hydrogens (tertiary/aromatic N) is 1. The number of carbonyl (C=O) groups excluding carboxylic acids is 1. The number of nitrogens with one attached hydrogen (secondary N) is 1. The minimum Gasteiger partial charge on any atom is -0.756 e. The molecule has 3 atom stereocenters. The van der Waals surface area contributed by atoms with Crippen LogP contribution in [0.25, 0.3) is 0 Å². The Hall–Kier alpha value is -0.500. The summed E-state index contributed by atoms with van der Waals surface area (Å²) in [4.78, 5) is 25.0. The fourth-order valence-electron chi connectivity index (χ4n) is 6.39. The van der Waals surface area contributed by atoms with Crippen LogP contribution in [0.15, 0.2) is 0 Å². The van der Waals surface area contributed by atoms with Crippen LogP contribution < -0.4 is 10.2 Å². The molecule has 0 aliphatic heterocycles. The third kappa shape index (κ3) is 35.9. The van der Waals surface area contributed by atoms with Crippen molar-refractivity contribution in [2.24, 2.45) is 0 Å². The van der Waals surface area contributed by atoms with E-state index < -0.39 is 20.0 Å². The number of likely N-dealkylation sites (N-methyl/N-ethyl adjacent to an activating group) is 1. The molecule has 0 saturated heterocycles. The molecule has 8 nitrogen and oxygen atoms in total. The highest BCUT2D eigenvalue weighted by Gasteiger charge is 2.24. The van der Waals surface area contributed by atoms with Gasteiger partial charge in [-0.1, -0.05) is 187 Å². The summed E-state index contributed by atoms with van der Waals surface area (Å²) < 4.78 is 23.0. The maximum Gasteiger partial charge on any atom is 0.268 e. The number of hydrogen-bond donors (Lipinski definition) is 2. The lowest BCUT2D eigenvalue weighted by atomic mass is 10.0. The quantitative estimate of drug-likeness (QED) is 0.0370. The fourth-order valence-corrected chi connectivity index (χ4v) is 7.12. The van der Waals surface area contributed by atoms with Crippen LogP contribution in [-0.2, 0) is 18.4 Å². The second kappa shape index (κ2) is 34.3. The number of amides is 1. The maximum atomic E-state index is 12.7. The summed E-state index contributed by atoms with van der Waals surface area (Å²) in [5, 5.41) is 13.6. The monoisotopic (exact) mass is 733 g/mol. The van der Waals surface area contributed by atoms with Crippen molar-refractivity contribution >= 4 is 13.7 Å². The molecule has 0 aromatic heterocycles. The lowest BCUT2D eigenvalue weighted by Gasteiger charge is -2.30. The Balaban J connectivity index is 3.89. The van der Waals surface area contributed by atoms with Crippen LogP contribution in [0.2, 0.25) is 0 Å². The molecular weight excluding hydrogens is 647 g/mol. The zero-order chi connectivity index (χ0) is 37.2. The van der Waals surface area contributed by atoms with Gasteiger partial charge in [-0.15, -0.1) is 0 Å². The molecule has 0 aliphatic carbocycles. The van der Waals surface area contributed by atoms with E-state index in [4.69, 9.17) is 9.05 Å². The van der Waals surface area contributed by atoms with E-state index in [9.17, 15) is 19.4 Å². The van der Waals surface area contributed by atoms with E-state index in [-0.39, 0.29) is 19.1 Å². The summed E-state index contributed by atoms with van der Waals surface area (Å²) in [6.45, 7) is 4.61. The van der Waals surface area contributed by atoms with Crippen LogP contribution in [-0.4, -0.2) is 68.5 Å². The number of phosphoric ester groups is 1. The van der Waals surface area contributed by atoms with E-state index >= 15 is 0 Å². The van der Waals surface area contributed by atoms with E-state index in [2.05, 4.69) is 19.2 Å². The highest BCUT2D eigenvalue weighted by atomic mass is 31.2. The molecule has 1 amide bonds. The van der Waals surface area contributed by atoms with Crippen molar-refractivity contribution in [2.75, 3.05) is 40.9 Å². The average molecular weight is 733 g/mol. The zero-order valence-corrected chi connectivity index (χ0v) is 34.8. The summed E-state index contributed by atoms with van der Waals surface area (Å²) in [6, 6.07) is -0.789. The molecule has 0 aromatic rings. The highest BCUT2D eigenvalue weighted by molar-refractivity contribution is 7.45. The summed E-state index contributed by atoms with van der Waals surface area (Å²) >= 11 is 0. The Labute approximate surface area is 310 Å². The van der Waals surface area contributed by atoms with Gasteiger partial charge in [0.2, 0.25) is 5.91 Å². The Bertz CT molecular complexity index is 794. The van der Waals surface area contributed by atoms with E-state index in [0.717, 1.165) is 44.9 Å². The van der Waals surface area contributed by atoms with E-state index in [1.807, 2.05) is 21.1 Å². The Morgan fingerprint density at radius 3 is 1.36 bits per heavy atom. The van der Waals surface area contributed by atoms with Gasteiger partial charge in [0.05, 0.1) is 39.9 Å². The normalized spacial score (nSPS) is 14.5. The summed E-state index contributed by atoms with van der Waals surface area (Å²) in [5.41, 5.74) is 0. The lowest BCUT2D eigenvalue weighted by molar-refractivity contribution is -0.870. The van der Waals surface area contributed by atoms with Crippen LogP contribution in [0.5, 0.6) is 0 Å². The number of quaternary nitrogens is 1. The molecular formula is C41H85N2O6P. The summed E-state index contributed by atoms with van der Waals surface area (Å²) in [6.07, 6.45) is 36.1. The number of carbonyl (C=O) groups is 1. The highest BCUT2D eigenvalue weighted by Crippen LogP contribution is 2.38. The molecule has 9 heteroatoms. The van der Waals surface area contributed by atoms with Crippen molar-refractivity contribution in [1.29, 1.82) is 0 Å². The fraction of sp³-hybridized carbons (Fsp3) is 0.976. The van der Waals surface area contributed by atoms with Gasteiger partial charge < -0.3 is 28.8 Å². The summed E-state index contributed by atoms with van der Waals surface area (Å²) in [5.74, 6) is -0.170. The third-order valence-electron chi connectivity index (χ3n) is 9.85. The van der Waals surface area contributed by atoms with Crippen molar-refractivity contribution < 1.29 is 32.9 Å². The first kappa shape index (κ1) is 49.5. The predicted molar refractivity (Wildman–Crippen MR) is 210 cm³/mol. The molecule has 0 saturated carbocycles. The average Bonchev–Trinajstić information content (AvgIpc) is 3.06. The number of aliphatic hydroxyl groups is 1. The smallest absolute Gasteiger partial charge is 0.268 e. The van der Waals surface area contributed by atoms with Gasteiger partial charge >= 0.3 is 0 Å². The van der Waals surface area contributed by atoms with Gasteiger partial charge in [-0.25, -0.2) is 0 Å². The SMILES string of the molecule is CCCCCCCCCCCCCCCCCCCCCCCCCCC(=O)NC(COP(=O)([O-])OCC[N+](C)(C)C)C(O)CCCCCC. The van der Waals surface area contributed by atoms with Crippen molar-refractivity contribution in [3.8, 4) is 0 Å². The molecule has 300 valence electrons. The third-order valence-corrected chi connectivity index (χ3v) is 10.8. The second-order valence-electron chi connectivity index (χ2n) is 16.1. The predicted octanol–water partition coefficient (Wildman–Crippen LogP) is 10.8. The first-order valence-electron chi connectivity index (χ1n) is 21.4. The minimum absolute atomic E-state index is 0.0143. The Morgan fingerprint density at radius 2 is 0.980 bits per heavy atom. The largest absolute Gasteiger partial charge is 0.756 e. The van der Waals surface area contributed by atoms with Gasteiger partial charge in [-0.3, -0.25) is 9.36 Å². The first-order chi connectivity index (χ1) is 24.0. The van der Waals surface area contributed by atoms with Crippen molar-refractivity contribution in [3.63, 3.8) is 0 Å². The van der Waals surface area contributed by atoms with E-state index in [0.29, 0.717) is 23.9 Å². The van der Waals surface area contributed by atoms with Gasteiger partial charge in [0.25, 0.3) is 7.82 Å². The van der Waals surface area contributed by atoms with Crippen molar-refractivity contribution in [2.45, 2.75) is 219 Å². The molecule has 50 heavy (non-hydrogen) atoms. The van der Waals surface area contributed by atoms with Crippen LogP contribution in [0.1, 0.15) is 206 Å². The maximum absolute atomic E-state index is 12.7. The Morgan fingerprint density at radius 1 is 0.620 bits per heavy atom. The van der Waals surface area contributed by atoms with Gasteiger partial charge in [0.1, 0.15) is 13.2 Å². The minimum atomic E-state index is -4.54. The zero-order valence-electron chi connectivity index (χ0n) is 33.9. The molecule has 0 fully saturated rings. The molecule has 0 spiro atoms. The van der Waals surface area contributed by atoms with Gasteiger partial charge in [-0.2, -0.15) is 0 Å². The van der Waals surface area contributed by atoms with Gasteiger partial charge in [0.15, 0.2) is 0 Å². The molecule has 0 radical (unpaired) electrons. The molecule has 0 heterocycles. The summed E-state index contributed by atoms with van der Waals surface area (Å²) in [7, 11) is 1.31. The molecule has 2 N–H and O–H groups in total. The van der Waals surface area contributed by atoms with Crippen molar-refractivity contribution in [1.82, 2.24) is 5.32 Å². The Kier molecular flexibility index (Phi) is 33.9. The lowest BCUT2D eigenvalue weighted by Crippen LogP contribution is -2.46. The number of unbranched alkanes of at least 4 members (excludes halogenated alkanes) is 26. The number of aliphatic hydroxyl groups excluding tert-OH is 1. The second-order valence-corrected chi connectivity index (χ2v) is 17.5. The van der Waals surface area contributed by atoms with E-state index in [1.54, 1.807) is 0 Å². The van der Waals surface area contributed by atoms with Crippen LogP contribution in [0.3, 0.4) is 0 Å². The van der Waals surface area contributed by atoms with Gasteiger partial charge in [0, 0.05) is 6.42 Å². The van der Waals surface area contributed by atoms with E-state index in [1.165, 1.54) is 135 Å². The molecule has 0 bridgehead atoms. The van der Waals surface area contributed by atoms with Crippen LogP contribution in [0, 0.1) is 0 Å². The number of phosphoric acid groups is 1. The molecule has 3 unspecified atom stereocenters. The molecule has 0 rings (SSSR count). The van der Waals surface area contributed by atoms with Crippen LogP contribution in [0.4, 0.5) is 0 Å². The standard InChI is InChI=1S/C41H85N2O6P/c1-6-8-10-12-13-14-15-16-17-18-19-20-21-22-23-24-25-26-27-28-29-30-31-33-35-41(45)42-39(40(44)34-32-11-9-7-2)38-49-50(46,47)48-37-36-43(3,4)5/h39-40,44H,6-38H2,1-5H3,(H-,42,45,46,47). The number of hydrogen-bond acceptors (Lipinski definition) is 6. The number of rotatable bonds is 39. The van der Waals surface area contributed by atoms with Crippen LogP contribution >= 0.6 is 7.82 Å². The topological polar surface area (TPSA) is 108 Å². The van der Waals surface area contributed by atoms with Crippen molar-refractivity contribution in [3.05, 3.63) is 0 Å². The first-order valence-corrected chi connectivity index (χ1v) is 22.8.